The van der Waals surface area contributed by atoms with Gasteiger partial charge >= 0.3 is 0 Å². The molecule has 1 aromatic carbocycles. The number of amides is 1. The monoisotopic (exact) mass is 298 g/mol. The molecule has 0 bridgehead atoms. The van der Waals surface area contributed by atoms with Crippen molar-refractivity contribution in [2.45, 2.75) is 46.6 Å². The van der Waals surface area contributed by atoms with Crippen LogP contribution in [0.1, 0.15) is 45.6 Å². The second kappa shape index (κ2) is 10.7. The topological polar surface area (TPSA) is 41.1 Å². The van der Waals surface area contributed by atoms with E-state index in [0.717, 1.165) is 37.2 Å². The van der Waals surface area contributed by atoms with Gasteiger partial charge in [0.25, 0.3) is 0 Å². The summed E-state index contributed by atoms with van der Waals surface area (Å²) in [6.07, 6.45) is 2.83. The van der Waals surface area contributed by atoms with Crippen LogP contribution in [0, 0.1) is 5.92 Å². The van der Waals surface area contributed by atoms with Crippen molar-refractivity contribution >= 4 is 24.0 Å². The maximum absolute atomic E-state index is 12.0. The van der Waals surface area contributed by atoms with Crippen molar-refractivity contribution in [3.05, 3.63) is 29.8 Å². The number of hydrogen-bond acceptors (Lipinski definition) is 2. The predicted molar refractivity (Wildman–Crippen MR) is 88.4 cm³/mol. The number of nitrogens with one attached hydrogen (secondary N) is 2. The normalized spacial score (nSPS) is 11.6. The quantitative estimate of drug-likeness (QED) is 0.762. The number of anilines is 1. The van der Waals surface area contributed by atoms with Gasteiger partial charge in [0.2, 0.25) is 5.91 Å². The number of halogens is 1. The van der Waals surface area contributed by atoms with Crippen LogP contribution in [-0.2, 0) is 11.3 Å². The van der Waals surface area contributed by atoms with E-state index in [9.17, 15) is 4.79 Å². The third-order valence-corrected chi connectivity index (χ3v) is 3.17. The largest absolute Gasteiger partial charge is 0.326 e. The number of carbonyl (C=O) groups excluding carboxylic acids is 1. The number of carbonyl (C=O) groups is 1. The summed E-state index contributed by atoms with van der Waals surface area (Å²) < 4.78 is 0. The van der Waals surface area contributed by atoms with Gasteiger partial charge in [-0.05, 0) is 24.1 Å². The summed E-state index contributed by atoms with van der Waals surface area (Å²) in [6, 6.07) is 7.98. The highest BCUT2D eigenvalue weighted by molar-refractivity contribution is 5.91. The van der Waals surface area contributed by atoms with E-state index >= 15 is 0 Å². The molecule has 4 heteroatoms. The van der Waals surface area contributed by atoms with Crippen molar-refractivity contribution in [1.82, 2.24) is 5.32 Å². The third kappa shape index (κ3) is 6.92. The van der Waals surface area contributed by atoms with Crippen molar-refractivity contribution in [2.75, 3.05) is 11.9 Å². The zero-order valence-corrected chi connectivity index (χ0v) is 13.6. The number of para-hydroxylation sites is 1. The molecule has 114 valence electrons. The first-order valence-electron chi connectivity index (χ1n) is 7.25. The van der Waals surface area contributed by atoms with Crippen LogP contribution < -0.4 is 10.6 Å². The molecule has 1 atom stereocenters. The van der Waals surface area contributed by atoms with Gasteiger partial charge in [-0.1, -0.05) is 51.8 Å². The molecule has 20 heavy (non-hydrogen) atoms. The van der Waals surface area contributed by atoms with Gasteiger partial charge in [-0.25, -0.2) is 0 Å². The fourth-order valence-corrected chi connectivity index (χ4v) is 2.17. The molecule has 0 fully saturated rings. The van der Waals surface area contributed by atoms with Gasteiger partial charge in [0, 0.05) is 18.7 Å². The lowest BCUT2D eigenvalue weighted by Crippen LogP contribution is -2.18. The van der Waals surface area contributed by atoms with Crippen molar-refractivity contribution in [1.29, 1.82) is 0 Å². The van der Waals surface area contributed by atoms with Crippen molar-refractivity contribution in [2.24, 2.45) is 5.92 Å². The van der Waals surface area contributed by atoms with Crippen LogP contribution in [0.15, 0.2) is 24.3 Å². The van der Waals surface area contributed by atoms with Gasteiger partial charge in [0.05, 0.1) is 0 Å². The average Bonchev–Trinajstić information content (AvgIpc) is 2.37. The molecule has 1 aromatic rings. The van der Waals surface area contributed by atoms with Crippen molar-refractivity contribution in [3.63, 3.8) is 0 Å². The molecule has 0 aliphatic rings. The molecule has 0 aliphatic heterocycles. The first-order valence-corrected chi connectivity index (χ1v) is 7.25. The van der Waals surface area contributed by atoms with Crippen LogP contribution in [0.25, 0.3) is 0 Å². The summed E-state index contributed by atoms with van der Waals surface area (Å²) in [7, 11) is 0. The molecule has 0 aromatic heterocycles. The Hall–Kier alpha value is -1.06. The van der Waals surface area contributed by atoms with E-state index in [2.05, 4.69) is 31.4 Å². The number of benzene rings is 1. The number of hydrogen-bond donors (Lipinski definition) is 2. The number of rotatable bonds is 8. The summed E-state index contributed by atoms with van der Waals surface area (Å²) in [5.41, 5.74) is 2.07. The lowest BCUT2D eigenvalue weighted by atomic mass is 10.0. The van der Waals surface area contributed by atoms with Crippen LogP contribution in [0.3, 0.4) is 0 Å². The molecular formula is C16H27ClN2O. The molecule has 1 unspecified atom stereocenters. The minimum atomic E-state index is 0. The van der Waals surface area contributed by atoms with Gasteiger partial charge in [-0.3, -0.25) is 4.79 Å². The molecule has 1 amide bonds. The summed E-state index contributed by atoms with van der Waals surface area (Å²) in [4.78, 5) is 12.0. The molecule has 0 radical (unpaired) electrons. The van der Waals surface area contributed by atoms with Gasteiger partial charge in [-0.2, -0.15) is 0 Å². The summed E-state index contributed by atoms with van der Waals surface area (Å²) in [5.74, 6) is 0.566. The molecule has 0 saturated heterocycles. The fourth-order valence-electron chi connectivity index (χ4n) is 2.17. The third-order valence-electron chi connectivity index (χ3n) is 3.17. The molecule has 1 rings (SSSR count). The van der Waals surface area contributed by atoms with E-state index in [-0.39, 0.29) is 18.3 Å². The molecule has 0 saturated carbocycles. The second-order valence-corrected chi connectivity index (χ2v) is 5.08. The average molecular weight is 299 g/mol. The summed E-state index contributed by atoms with van der Waals surface area (Å²) in [6.45, 7) is 8.08. The minimum Gasteiger partial charge on any atom is -0.326 e. The van der Waals surface area contributed by atoms with E-state index in [4.69, 9.17) is 0 Å². The van der Waals surface area contributed by atoms with Crippen LogP contribution in [0.5, 0.6) is 0 Å². The highest BCUT2D eigenvalue weighted by atomic mass is 35.5. The highest BCUT2D eigenvalue weighted by Crippen LogP contribution is 2.17. The standard InChI is InChI=1S/C16H26N2O.ClH/c1-4-8-13(3)11-16(19)18-15-10-7-6-9-14(15)12-17-5-2;/h6-7,9-10,13,17H,4-5,8,11-12H2,1-3H3,(H,18,19);1H. The zero-order chi connectivity index (χ0) is 14.1. The molecule has 2 N–H and O–H groups in total. The van der Waals surface area contributed by atoms with Gasteiger partial charge < -0.3 is 10.6 Å². The first-order chi connectivity index (χ1) is 9.17. The fraction of sp³-hybridized carbons (Fsp3) is 0.562. The lowest BCUT2D eigenvalue weighted by molar-refractivity contribution is -0.117. The predicted octanol–water partition coefficient (Wildman–Crippen LogP) is 3.98. The van der Waals surface area contributed by atoms with E-state index in [1.165, 1.54) is 0 Å². The van der Waals surface area contributed by atoms with E-state index in [0.29, 0.717) is 12.3 Å². The first kappa shape index (κ1) is 18.9. The lowest BCUT2D eigenvalue weighted by Gasteiger charge is -2.13. The van der Waals surface area contributed by atoms with E-state index in [1.807, 2.05) is 24.3 Å². The highest BCUT2D eigenvalue weighted by Gasteiger charge is 2.10. The van der Waals surface area contributed by atoms with Crippen molar-refractivity contribution < 1.29 is 4.79 Å². The van der Waals surface area contributed by atoms with Crippen LogP contribution in [0.4, 0.5) is 5.69 Å². The van der Waals surface area contributed by atoms with Gasteiger partial charge in [0.15, 0.2) is 0 Å². The van der Waals surface area contributed by atoms with Crippen LogP contribution >= 0.6 is 12.4 Å². The Morgan fingerprint density at radius 3 is 2.60 bits per heavy atom. The molecule has 0 aliphatic carbocycles. The Morgan fingerprint density at radius 2 is 1.95 bits per heavy atom. The Bertz CT molecular complexity index is 396. The smallest absolute Gasteiger partial charge is 0.224 e. The molecule has 0 spiro atoms. The SMILES string of the molecule is CCCC(C)CC(=O)Nc1ccccc1CNCC.Cl. The van der Waals surface area contributed by atoms with E-state index in [1.54, 1.807) is 0 Å². The summed E-state index contributed by atoms with van der Waals surface area (Å²) >= 11 is 0. The maximum Gasteiger partial charge on any atom is 0.224 e. The summed E-state index contributed by atoms with van der Waals surface area (Å²) in [5, 5.41) is 6.32. The van der Waals surface area contributed by atoms with Crippen molar-refractivity contribution in [3.8, 4) is 0 Å². The second-order valence-electron chi connectivity index (χ2n) is 5.08. The van der Waals surface area contributed by atoms with Gasteiger partial charge in [-0.15, -0.1) is 12.4 Å². The molecular weight excluding hydrogens is 272 g/mol. The Kier molecular flexibility index (Phi) is 10.1. The Morgan fingerprint density at radius 1 is 1.25 bits per heavy atom. The maximum atomic E-state index is 12.0. The van der Waals surface area contributed by atoms with Gasteiger partial charge in [0.1, 0.15) is 0 Å². The van der Waals surface area contributed by atoms with Crippen LogP contribution in [-0.4, -0.2) is 12.5 Å². The Balaban J connectivity index is 0.00000361. The minimum absolute atomic E-state index is 0. The van der Waals surface area contributed by atoms with Crippen LogP contribution in [0.2, 0.25) is 0 Å². The molecule has 3 nitrogen and oxygen atoms in total. The zero-order valence-electron chi connectivity index (χ0n) is 12.7. The van der Waals surface area contributed by atoms with E-state index < -0.39 is 0 Å². The molecule has 0 heterocycles. The Labute approximate surface area is 128 Å².